The number of hydrogen-bond acceptors (Lipinski definition) is 3. The number of nitrogens with two attached hydrogens (primary N) is 1. The highest BCUT2D eigenvalue weighted by atomic mass is 16.3. The van der Waals surface area contributed by atoms with Crippen LogP contribution >= 0.6 is 0 Å². The van der Waals surface area contributed by atoms with Gasteiger partial charge in [0.05, 0.1) is 12.6 Å². The zero-order chi connectivity index (χ0) is 11.8. The van der Waals surface area contributed by atoms with Gasteiger partial charge in [-0.05, 0) is 12.0 Å². The van der Waals surface area contributed by atoms with Crippen LogP contribution in [0.5, 0.6) is 0 Å². The van der Waals surface area contributed by atoms with Crippen LogP contribution in [0.4, 0.5) is 0 Å². The van der Waals surface area contributed by atoms with Gasteiger partial charge in [-0.3, -0.25) is 4.79 Å². The second-order valence-corrected chi connectivity index (χ2v) is 3.68. The fourth-order valence-electron chi connectivity index (χ4n) is 1.49. The quantitative estimate of drug-likeness (QED) is 0.637. The molecule has 0 spiro atoms. The molecule has 4 heteroatoms. The Labute approximate surface area is 95.5 Å². The van der Waals surface area contributed by atoms with Crippen LogP contribution in [0.25, 0.3) is 0 Å². The van der Waals surface area contributed by atoms with Crippen molar-refractivity contribution in [2.45, 2.75) is 18.9 Å². The van der Waals surface area contributed by atoms with E-state index in [-0.39, 0.29) is 18.6 Å². The lowest BCUT2D eigenvalue weighted by atomic mass is 10.1. The van der Waals surface area contributed by atoms with Crippen molar-refractivity contribution >= 4 is 5.91 Å². The van der Waals surface area contributed by atoms with Crippen molar-refractivity contribution in [2.24, 2.45) is 5.73 Å². The van der Waals surface area contributed by atoms with Gasteiger partial charge in [0.25, 0.3) is 0 Å². The van der Waals surface area contributed by atoms with E-state index in [0.717, 1.165) is 5.56 Å². The lowest BCUT2D eigenvalue weighted by Gasteiger charge is -2.16. The Morgan fingerprint density at radius 1 is 1.38 bits per heavy atom. The van der Waals surface area contributed by atoms with Gasteiger partial charge in [0, 0.05) is 13.0 Å². The number of benzene rings is 1. The summed E-state index contributed by atoms with van der Waals surface area (Å²) in [6.45, 7) is 0.264. The van der Waals surface area contributed by atoms with Crippen LogP contribution in [-0.4, -0.2) is 30.2 Å². The number of hydrogen-bond donors (Lipinski definition) is 3. The molecular weight excluding hydrogens is 204 g/mol. The predicted molar refractivity (Wildman–Crippen MR) is 62.8 cm³/mol. The molecule has 88 valence electrons. The highest BCUT2D eigenvalue weighted by molar-refractivity contribution is 5.76. The summed E-state index contributed by atoms with van der Waals surface area (Å²) in [4.78, 5) is 11.3. The summed E-state index contributed by atoms with van der Waals surface area (Å²) < 4.78 is 0. The Morgan fingerprint density at radius 2 is 2.06 bits per heavy atom. The average Bonchev–Trinajstić information content (AvgIpc) is 2.30. The third-order valence-electron chi connectivity index (χ3n) is 2.28. The van der Waals surface area contributed by atoms with Gasteiger partial charge >= 0.3 is 0 Å². The fourth-order valence-corrected chi connectivity index (χ4v) is 1.49. The van der Waals surface area contributed by atoms with Crippen LogP contribution < -0.4 is 11.1 Å². The number of nitrogens with one attached hydrogen (secondary N) is 1. The Morgan fingerprint density at radius 3 is 2.62 bits per heavy atom. The maximum absolute atomic E-state index is 11.3. The number of aliphatic hydroxyl groups is 1. The van der Waals surface area contributed by atoms with E-state index in [2.05, 4.69) is 5.32 Å². The number of carbonyl (C=O) groups excluding carboxylic acids is 1. The third-order valence-corrected chi connectivity index (χ3v) is 2.28. The van der Waals surface area contributed by atoms with E-state index in [0.29, 0.717) is 19.4 Å². The largest absolute Gasteiger partial charge is 0.394 e. The predicted octanol–water partition coefficient (Wildman–Crippen LogP) is 0.0550. The van der Waals surface area contributed by atoms with Gasteiger partial charge in [0.15, 0.2) is 0 Å². The first-order valence-electron chi connectivity index (χ1n) is 5.40. The molecule has 4 nitrogen and oxygen atoms in total. The van der Waals surface area contributed by atoms with Crippen molar-refractivity contribution in [1.82, 2.24) is 5.32 Å². The molecule has 0 saturated heterocycles. The number of rotatable bonds is 6. The average molecular weight is 222 g/mol. The van der Waals surface area contributed by atoms with E-state index >= 15 is 0 Å². The molecule has 0 aliphatic carbocycles. The van der Waals surface area contributed by atoms with Gasteiger partial charge in [0.1, 0.15) is 0 Å². The minimum atomic E-state index is -0.235. The number of aliphatic hydroxyl groups excluding tert-OH is 1. The van der Waals surface area contributed by atoms with E-state index < -0.39 is 0 Å². The molecule has 0 heterocycles. The van der Waals surface area contributed by atoms with Crippen molar-refractivity contribution in [1.29, 1.82) is 0 Å². The molecule has 0 unspecified atom stereocenters. The SMILES string of the molecule is NCCC(=O)N[C@H](CO)Cc1ccccc1. The molecule has 0 aliphatic rings. The second-order valence-electron chi connectivity index (χ2n) is 3.68. The summed E-state index contributed by atoms with van der Waals surface area (Å²) in [5.74, 6) is -0.113. The van der Waals surface area contributed by atoms with Gasteiger partial charge in [-0.2, -0.15) is 0 Å². The zero-order valence-corrected chi connectivity index (χ0v) is 9.23. The maximum Gasteiger partial charge on any atom is 0.221 e. The molecule has 1 amide bonds. The van der Waals surface area contributed by atoms with Crippen molar-refractivity contribution in [3.8, 4) is 0 Å². The molecule has 0 radical (unpaired) electrons. The minimum Gasteiger partial charge on any atom is -0.394 e. The van der Waals surface area contributed by atoms with Crippen LogP contribution in [0.15, 0.2) is 30.3 Å². The lowest BCUT2D eigenvalue weighted by molar-refractivity contribution is -0.121. The van der Waals surface area contributed by atoms with Gasteiger partial charge in [-0.1, -0.05) is 30.3 Å². The third kappa shape index (κ3) is 4.42. The lowest BCUT2D eigenvalue weighted by Crippen LogP contribution is -2.39. The van der Waals surface area contributed by atoms with Crippen LogP contribution in [0.2, 0.25) is 0 Å². The highest BCUT2D eigenvalue weighted by Gasteiger charge is 2.11. The topological polar surface area (TPSA) is 75.4 Å². The Bertz CT molecular complexity index is 314. The molecular formula is C12H18N2O2. The Kier molecular flexibility index (Phi) is 5.53. The molecule has 1 atom stereocenters. The molecule has 1 rings (SSSR count). The van der Waals surface area contributed by atoms with Gasteiger partial charge < -0.3 is 16.2 Å². The van der Waals surface area contributed by atoms with E-state index in [1.54, 1.807) is 0 Å². The van der Waals surface area contributed by atoms with E-state index in [1.165, 1.54) is 0 Å². The number of amides is 1. The smallest absolute Gasteiger partial charge is 0.221 e. The zero-order valence-electron chi connectivity index (χ0n) is 9.23. The molecule has 1 aromatic rings. The summed E-state index contributed by atoms with van der Waals surface area (Å²) in [6, 6.07) is 9.51. The van der Waals surface area contributed by atoms with Crippen molar-refractivity contribution in [2.75, 3.05) is 13.2 Å². The Balaban J connectivity index is 2.46. The minimum absolute atomic E-state index is 0.0643. The summed E-state index contributed by atoms with van der Waals surface area (Å²) in [5.41, 5.74) is 6.37. The molecule has 0 bridgehead atoms. The summed E-state index contributed by atoms with van der Waals surface area (Å²) >= 11 is 0. The molecule has 0 aromatic heterocycles. The maximum atomic E-state index is 11.3. The van der Waals surface area contributed by atoms with Crippen LogP contribution in [0.3, 0.4) is 0 Å². The summed E-state index contributed by atoms with van der Waals surface area (Å²) in [6.07, 6.45) is 0.930. The highest BCUT2D eigenvalue weighted by Crippen LogP contribution is 2.02. The fraction of sp³-hybridized carbons (Fsp3) is 0.417. The van der Waals surface area contributed by atoms with Gasteiger partial charge in [-0.15, -0.1) is 0 Å². The van der Waals surface area contributed by atoms with Crippen molar-refractivity contribution < 1.29 is 9.90 Å². The van der Waals surface area contributed by atoms with E-state index in [1.807, 2.05) is 30.3 Å². The first-order chi connectivity index (χ1) is 7.76. The molecule has 0 saturated carbocycles. The first kappa shape index (κ1) is 12.7. The van der Waals surface area contributed by atoms with E-state index in [9.17, 15) is 4.79 Å². The molecule has 16 heavy (non-hydrogen) atoms. The van der Waals surface area contributed by atoms with Crippen molar-refractivity contribution in [3.63, 3.8) is 0 Å². The standard InChI is InChI=1S/C12H18N2O2/c13-7-6-12(16)14-11(9-15)8-10-4-2-1-3-5-10/h1-5,11,15H,6-9,13H2,(H,14,16)/t11-/m0/s1. The van der Waals surface area contributed by atoms with Crippen LogP contribution in [0.1, 0.15) is 12.0 Å². The van der Waals surface area contributed by atoms with Gasteiger partial charge in [-0.25, -0.2) is 0 Å². The monoisotopic (exact) mass is 222 g/mol. The summed E-state index contributed by atoms with van der Waals surface area (Å²) in [5, 5.41) is 11.9. The second kappa shape index (κ2) is 6.98. The summed E-state index contributed by atoms with van der Waals surface area (Å²) in [7, 11) is 0. The molecule has 1 aromatic carbocycles. The van der Waals surface area contributed by atoms with Crippen LogP contribution in [0, 0.1) is 0 Å². The molecule has 4 N–H and O–H groups in total. The van der Waals surface area contributed by atoms with Crippen LogP contribution in [-0.2, 0) is 11.2 Å². The molecule has 0 aliphatic heterocycles. The molecule has 0 fully saturated rings. The Hall–Kier alpha value is -1.39. The first-order valence-corrected chi connectivity index (χ1v) is 5.40. The van der Waals surface area contributed by atoms with E-state index in [4.69, 9.17) is 10.8 Å². The normalized spacial score (nSPS) is 12.1. The van der Waals surface area contributed by atoms with Crippen molar-refractivity contribution in [3.05, 3.63) is 35.9 Å². The van der Waals surface area contributed by atoms with Gasteiger partial charge in [0.2, 0.25) is 5.91 Å². The number of carbonyl (C=O) groups is 1.